The maximum atomic E-state index is 13.4. The minimum atomic E-state index is 0.112. The minimum absolute atomic E-state index is 0.112. The fourth-order valence-corrected chi connectivity index (χ4v) is 4.36. The van der Waals surface area contributed by atoms with Gasteiger partial charge in [-0.25, -0.2) is 0 Å². The number of benzene rings is 2. The normalized spacial score (nSPS) is 14.9. The number of aromatic nitrogens is 1. The molecule has 0 aliphatic carbocycles. The standard InChI is InChI=1S/C24H26ClN3O/c1-3-26-13-15-27(16-14-26)24(29)20-17-23(19-9-5-4-6-10-19)28(18(20)2)22-12-8-7-11-21(22)25/h4-12,17H,3,13-16H2,1-2H3/p+1. The molecule has 0 unspecified atom stereocenters. The molecule has 0 atom stereocenters. The average molecular weight is 409 g/mol. The van der Waals surface area contributed by atoms with E-state index in [0.29, 0.717) is 5.02 Å². The Bertz CT molecular complexity index is 1000. The van der Waals surface area contributed by atoms with Gasteiger partial charge in [0, 0.05) is 5.69 Å². The number of nitrogens with one attached hydrogen (secondary N) is 1. The number of likely N-dealkylation sites (N-methyl/N-ethyl adjacent to an activating group) is 1. The molecule has 2 aromatic carbocycles. The van der Waals surface area contributed by atoms with Crippen molar-refractivity contribution in [2.45, 2.75) is 13.8 Å². The predicted octanol–water partition coefficient (Wildman–Crippen LogP) is 3.47. The van der Waals surface area contributed by atoms with E-state index >= 15 is 0 Å². The van der Waals surface area contributed by atoms with Gasteiger partial charge in [-0.05, 0) is 37.6 Å². The van der Waals surface area contributed by atoms with Gasteiger partial charge < -0.3 is 14.4 Å². The highest BCUT2D eigenvalue weighted by Crippen LogP contribution is 2.33. The number of hydrogen-bond acceptors (Lipinski definition) is 1. The molecule has 1 aromatic heterocycles. The van der Waals surface area contributed by atoms with Crippen molar-refractivity contribution >= 4 is 17.5 Å². The third-order valence-electron chi connectivity index (χ3n) is 5.90. The Hall–Kier alpha value is -2.56. The van der Waals surface area contributed by atoms with Gasteiger partial charge in [-0.1, -0.05) is 54.1 Å². The van der Waals surface area contributed by atoms with Crippen molar-refractivity contribution in [3.05, 3.63) is 76.9 Å². The molecule has 150 valence electrons. The van der Waals surface area contributed by atoms with Crippen LogP contribution in [0.25, 0.3) is 16.9 Å². The average Bonchev–Trinajstić information content (AvgIpc) is 3.11. The van der Waals surface area contributed by atoms with E-state index < -0.39 is 0 Å². The molecule has 2 heterocycles. The highest BCUT2D eigenvalue weighted by Gasteiger charge is 2.27. The van der Waals surface area contributed by atoms with Gasteiger partial charge in [0.05, 0.1) is 54.7 Å². The van der Waals surface area contributed by atoms with Crippen LogP contribution in [0, 0.1) is 6.92 Å². The number of hydrogen-bond donors (Lipinski definition) is 1. The van der Waals surface area contributed by atoms with E-state index in [-0.39, 0.29) is 5.91 Å². The van der Waals surface area contributed by atoms with E-state index in [1.54, 1.807) is 4.90 Å². The Morgan fingerprint density at radius 3 is 2.34 bits per heavy atom. The van der Waals surface area contributed by atoms with E-state index in [0.717, 1.165) is 60.9 Å². The molecule has 0 saturated carbocycles. The van der Waals surface area contributed by atoms with Crippen LogP contribution >= 0.6 is 11.6 Å². The quantitative estimate of drug-likeness (QED) is 0.703. The van der Waals surface area contributed by atoms with E-state index in [4.69, 9.17) is 11.6 Å². The van der Waals surface area contributed by atoms with Gasteiger partial charge in [0.25, 0.3) is 5.91 Å². The van der Waals surface area contributed by atoms with Gasteiger partial charge >= 0.3 is 0 Å². The SMILES string of the molecule is CC[NH+]1CCN(C(=O)c2cc(-c3ccccc3)n(-c3ccccc3Cl)c2C)CC1. The molecule has 4 nitrogen and oxygen atoms in total. The second-order valence-electron chi connectivity index (χ2n) is 7.58. The maximum absolute atomic E-state index is 13.4. The summed E-state index contributed by atoms with van der Waals surface area (Å²) in [5, 5.41) is 0.669. The number of halogens is 1. The van der Waals surface area contributed by atoms with Crippen molar-refractivity contribution in [2.75, 3.05) is 32.7 Å². The van der Waals surface area contributed by atoms with E-state index in [2.05, 4.69) is 23.6 Å². The topological polar surface area (TPSA) is 29.7 Å². The van der Waals surface area contributed by atoms with Gasteiger partial charge in [-0.3, -0.25) is 4.79 Å². The van der Waals surface area contributed by atoms with Crippen LogP contribution in [0.4, 0.5) is 0 Å². The monoisotopic (exact) mass is 408 g/mol. The minimum Gasteiger partial charge on any atom is -0.332 e. The first-order chi connectivity index (χ1) is 14.1. The molecule has 0 radical (unpaired) electrons. The van der Waals surface area contributed by atoms with Gasteiger partial charge in [0.2, 0.25) is 0 Å². The summed E-state index contributed by atoms with van der Waals surface area (Å²) in [7, 11) is 0. The summed E-state index contributed by atoms with van der Waals surface area (Å²) in [6, 6.07) is 20.0. The number of para-hydroxylation sites is 1. The molecular weight excluding hydrogens is 382 g/mol. The highest BCUT2D eigenvalue weighted by atomic mass is 35.5. The summed E-state index contributed by atoms with van der Waals surface area (Å²) in [5.41, 5.74) is 4.62. The molecule has 5 heteroatoms. The molecule has 0 bridgehead atoms. The van der Waals surface area contributed by atoms with Crippen LogP contribution in [0.1, 0.15) is 23.0 Å². The molecule has 1 aliphatic rings. The number of quaternary nitrogens is 1. The Balaban J connectivity index is 1.78. The fourth-order valence-electron chi connectivity index (χ4n) is 4.14. The molecule has 3 aromatic rings. The molecule has 1 N–H and O–H groups in total. The second kappa shape index (κ2) is 8.44. The Kier molecular flexibility index (Phi) is 5.74. The van der Waals surface area contributed by atoms with Crippen LogP contribution in [0.15, 0.2) is 60.7 Å². The number of carbonyl (C=O) groups excluding carboxylic acids is 1. The number of carbonyl (C=O) groups is 1. The van der Waals surface area contributed by atoms with E-state index in [1.807, 2.05) is 60.4 Å². The fraction of sp³-hybridized carbons (Fsp3) is 0.292. The van der Waals surface area contributed by atoms with Crippen LogP contribution in [-0.4, -0.2) is 48.1 Å². The van der Waals surface area contributed by atoms with Gasteiger partial charge in [-0.15, -0.1) is 0 Å². The van der Waals surface area contributed by atoms with Gasteiger partial charge in [0.1, 0.15) is 0 Å². The third kappa shape index (κ3) is 3.83. The molecular formula is C24H27ClN3O+. The zero-order valence-corrected chi connectivity index (χ0v) is 17.7. The summed E-state index contributed by atoms with van der Waals surface area (Å²) < 4.78 is 2.11. The molecule has 29 heavy (non-hydrogen) atoms. The van der Waals surface area contributed by atoms with Crippen LogP contribution in [0.3, 0.4) is 0 Å². The first-order valence-corrected chi connectivity index (χ1v) is 10.6. The van der Waals surface area contributed by atoms with Crippen molar-refractivity contribution in [3.63, 3.8) is 0 Å². The van der Waals surface area contributed by atoms with Crippen LogP contribution in [0.5, 0.6) is 0 Å². The van der Waals surface area contributed by atoms with Gasteiger partial charge in [0.15, 0.2) is 0 Å². The van der Waals surface area contributed by atoms with Crippen molar-refractivity contribution in [1.29, 1.82) is 0 Å². The summed E-state index contributed by atoms with van der Waals surface area (Å²) in [4.78, 5) is 17.0. The zero-order chi connectivity index (χ0) is 20.4. The number of nitrogens with zero attached hydrogens (tertiary/aromatic N) is 2. The summed E-state index contributed by atoms with van der Waals surface area (Å²) in [6.45, 7) is 8.96. The Labute approximate surface area is 177 Å². The molecule has 4 rings (SSSR count). The first-order valence-electron chi connectivity index (χ1n) is 10.3. The lowest BCUT2D eigenvalue weighted by Gasteiger charge is -2.31. The lowest BCUT2D eigenvalue weighted by molar-refractivity contribution is -0.902. The largest absolute Gasteiger partial charge is 0.332 e. The van der Waals surface area contributed by atoms with Crippen molar-refractivity contribution in [1.82, 2.24) is 9.47 Å². The second-order valence-corrected chi connectivity index (χ2v) is 7.98. The van der Waals surface area contributed by atoms with Gasteiger partial charge in [-0.2, -0.15) is 0 Å². The van der Waals surface area contributed by atoms with E-state index in [9.17, 15) is 4.79 Å². The van der Waals surface area contributed by atoms with Crippen LogP contribution in [-0.2, 0) is 0 Å². The molecule has 0 spiro atoms. The van der Waals surface area contributed by atoms with Crippen molar-refractivity contribution in [3.8, 4) is 16.9 Å². The highest BCUT2D eigenvalue weighted by molar-refractivity contribution is 6.32. The zero-order valence-electron chi connectivity index (χ0n) is 17.0. The van der Waals surface area contributed by atoms with Crippen molar-refractivity contribution in [2.24, 2.45) is 0 Å². The summed E-state index contributed by atoms with van der Waals surface area (Å²) in [5.74, 6) is 0.112. The number of piperazine rings is 1. The lowest BCUT2D eigenvalue weighted by Crippen LogP contribution is -3.14. The number of rotatable bonds is 4. The summed E-state index contributed by atoms with van der Waals surface area (Å²) in [6.07, 6.45) is 0. The van der Waals surface area contributed by atoms with E-state index in [1.165, 1.54) is 0 Å². The lowest BCUT2D eigenvalue weighted by atomic mass is 10.1. The smallest absolute Gasteiger partial charge is 0.256 e. The molecule has 1 fully saturated rings. The van der Waals surface area contributed by atoms with Crippen molar-refractivity contribution < 1.29 is 9.69 Å². The first kappa shape index (κ1) is 19.7. The summed E-state index contributed by atoms with van der Waals surface area (Å²) >= 11 is 6.54. The number of amides is 1. The molecule has 1 amide bonds. The molecule has 1 saturated heterocycles. The Morgan fingerprint density at radius 1 is 1.03 bits per heavy atom. The van der Waals surface area contributed by atoms with Crippen LogP contribution in [0.2, 0.25) is 5.02 Å². The third-order valence-corrected chi connectivity index (χ3v) is 6.22. The molecule has 1 aliphatic heterocycles. The maximum Gasteiger partial charge on any atom is 0.256 e. The van der Waals surface area contributed by atoms with Crippen LogP contribution < -0.4 is 4.90 Å². The Morgan fingerprint density at radius 2 is 1.69 bits per heavy atom. The predicted molar refractivity (Wildman–Crippen MR) is 118 cm³/mol.